The predicted molar refractivity (Wildman–Crippen MR) is 75.1 cm³/mol. The van der Waals surface area contributed by atoms with Gasteiger partial charge in [0.2, 0.25) is 0 Å². The first-order valence-corrected chi connectivity index (χ1v) is 6.57. The van der Waals surface area contributed by atoms with Crippen molar-refractivity contribution in [3.63, 3.8) is 0 Å². The van der Waals surface area contributed by atoms with E-state index < -0.39 is 0 Å². The predicted octanol–water partition coefficient (Wildman–Crippen LogP) is 1.81. The molecule has 18 heavy (non-hydrogen) atoms. The average Bonchev–Trinajstić information content (AvgIpc) is 2.38. The molecule has 2 N–H and O–H groups in total. The molecule has 0 spiro atoms. The van der Waals surface area contributed by atoms with Crippen LogP contribution in [0.1, 0.15) is 32.5 Å². The van der Waals surface area contributed by atoms with Crippen LogP contribution in [0.5, 0.6) is 0 Å². The van der Waals surface area contributed by atoms with E-state index in [1.165, 1.54) is 0 Å². The van der Waals surface area contributed by atoms with Crippen molar-refractivity contribution in [2.75, 3.05) is 30.4 Å². The molecule has 0 amide bonds. The van der Waals surface area contributed by atoms with Gasteiger partial charge in [-0.3, -0.25) is 0 Å². The summed E-state index contributed by atoms with van der Waals surface area (Å²) in [7, 11) is 1.85. The van der Waals surface area contributed by atoms with Gasteiger partial charge in [0.05, 0.1) is 6.61 Å². The van der Waals surface area contributed by atoms with Crippen LogP contribution in [-0.2, 0) is 0 Å². The number of aryl methyl sites for hydroxylation is 1. The molecule has 1 aromatic rings. The standard InChI is InChI=1S/C13H24N4O/c1-5-11(6-2)17(7-8-18)13-9-12(14-4)15-10(3)16-13/h9,11,18H,5-8H2,1-4H3,(H,14,15,16). The van der Waals surface area contributed by atoms with Crippen LogP contribution in [0, 0.1) is 6.92 Å². The van der Waals surface area contributed by atoms with Gasteiger partial charge in [-0.2, -0.15) is 0 Å². The molecule has 0 saturated heterocycles. The molecule has 102 valence electrons. The Morgan fingerprint density at radius 1 is 1.33 bits per heavy atom. The summed E-state index contributed by atoms with van der Waals surface area (Å²) in [5.74, 6) is 2.44. The van der Waals surface area contributed by atoms with Gasteiger partial charge in [0.25, 0.3) is 0 Å². The Hall–Kier alpha value is -1.36. The zero-order valence-electron chi connectivity index (χ0n) is 11.8. The van der Waals surface area contributed by atoms with Gasteiger partial charge in [0.1, 0.15) is 17.5 Å². The van der Waals surface area contributed by atoms with Crippen LogP contribution in [0.4, 0.5) is 11.6 Å². The van der Waals surface area contributed by atoms with Crippen molar-refractivity contribution in [3.8, 4) is 0 Å². The van der Waals surface area contributed by atoms with Crippen LogP contribution in [-0.4, -0.2) is 41.3 Å². The average molecular weight is 252 g/mol. The minimum absolute atomic E-state index is 0.133. The third-order valence-electron chi connectivity index (χ3n) is 3.10. The summed E-state index contributed by atoms with van der Waals surface area (Å²) < 4.78 is 0. The molecular formula is C13H24N4O. The lowest BCUT2D eigenvalue weighted by Crippen LogP contribution is -2.37. The van der Waals surface area contributed by atoms with E-state index in [1.54, 1.807) is 0 Å². The number of nitrogens with zero attached hydrogens (tertiary/aromatic N) is 3. The summed E-state index contributed by atoms with van der Waals surface area (Å²) in [5, 5.41) is 12.3. The fourth-order valence-corrected chi connectivity index (χ4v) is 2.15. The Balaban J connectivity index is 3.07. The van der Waals surface area contributed by atoms with Crippen molar-refractivity contribution in [2.24, 2.45) is 0 Å². The van der Waals surface area contributed by atoms with E-state index in [-0.39, 0.29) is 6.61 Å². The van der Waals surface area contributed by atoms with Gasteiger partial charge < -0.3 is 15.3 Å². The van der Waals surface area contributed by atoms with Crippen molar-refractivity contribution in [1.29, 1.82) is 0 Å². The number of hydrogen-bond acceptors (Lipinski definition) is 5. The second-order valence-corrected chi connectivity index (χ2v) is 4.30. The number of nitrogens with one attached hydrogen (secondary N) is 1. The van der Waals surface area contributed by atoms with Gasteiger partial charge in [-0.05, 0) is 19.8 Å². The van der Waals surface area contributed by atoms with E-state index in [0.717, 1.165) is 30.3 Å². The molecular weight excluding hydrogens is 228 g/mol. The van der Waals surface area contributed by atoms with Gasteiger partial charge in [-0.15, -0.1) is 0 Å². The highest BCUT2D eigenvalue weighted by molar-refractivity contribution is 5.49. The Morgan fingerprint density at radius 2 is 2.00 bits per heavy atom. The van der Waals surface area contributed by atoms with E-state index >= 15 is 0 Å². The molecule has 5 heteroatoms. The highest BCUT2D eigenvalue weighted by Crippen LogP contribution is 2.20. The highest BCUT2D eigenvalue weighted by Gasteiger charge is 2.17. The molecule has 0 fully saturated rings. The summed E-state index contributed by atoms with van der Waals surface area (Å²) in [5.41, 5.74) is 0. The Morgan fingerprint density at radius 3 is 2.50 bits per heavy atom. The zero-order chi connectivity index (χ0) is 13.5. The first-order chi connectivity index (χ1) is 8.65. The first kappa shape index (κ1) is 14.7. The second-order valence-electron chi connectivity index (χ2n) is 4.30. The smallest absolute Gasteiger partial charge is 0.134 e. The largest absolute Gasteiger partial charge is 0.395 e. The van der Waals surface area contributed by atoms with Crippen molar-refractivity contribution in [1.82, 2.24) is 9.97 Å². The molecule has 0 saturated carbocycles. The SMILES string of the molecule is CCC(CC)N(CCO)c1cc(NC)nc(C)n1. The van der Waals surface area contributed by atoms with Crippen LogP contribution < -0.4 is 10.2 Å². The number of aliphatic hydroxyl groups is 1. The van der Waals surface area contributed by atoms with Crippen molar-refractivity contribution < 1.29 is 5.11 Å². The van der Waals surface area contributed by atoms with E-state index in [9.17, 15) is 5.11 Å². The molecule has 0 aromatic carbocycles. The third kappa shape index (κ3) is 3.57. The molecule has 0 aliphatic rings. The monoisotopic (exact) mass is 252 g/mol. The molecule has 0 radical (unpaired) electrons. The topological polar surface area (TPSA) is 61.3 Å². The van der Waals surface area contributed by atoms with Crippen molar-refractivity contribution in [2.45, 2.75) is 39.7 Å². The fraction of sp³-hybridized carbons (Fsp3) is 0.692. The molecule has 0 bridgehead atoms. The molecule has 0 unspecified atom stereocenters. The summed E-state index contributed by atoms with van der Waals surface area (Å²) >= 11 is 0. The first-order valence-electron chi connectivity index (χ1n) is 6.57. The number of anilines is 2. The number of hydrogen-bond donors (Lipinski definition) is 2. The molecule has 1 heterocycles. The maximum Gasteiger partial charge on any atom is 0.134 e. The van der Waals surface area contributed by atoms with E-state index in [4.69, 9.17) is 0 Å². The lowest BCUT2D eigenvalue weighted by atomic mass is 10.1. The minimum Gasteiger partial charge on any atom is -0.395 e. The van der Waals surface area contributed by atoms with Crippen molar-refractivity contribution >= 4 is 11.6 Å². The van der Waals surface area contributed by atoms with Crippen molar-refractivity contribution in [3.05, 3.63) is 11.9 Å². The van der Waals surface area contributed by atoms with E-state index in [1.807, 2.05) is 20.0 Å². The number of aliphatic hydroxyl groups excluding tert-OH is 1. The van der Waals surface area contributed by atoms with Gasteiger partial charge in [-0.1, -0.05) is 13.8 Å². The molecule has 0 aliphatic heterocycles. The summed E-state index contributed by atoms with van der Waals surface area (Å²) in [4.78, 5) is 10.9. The second kappa shape index (κ2) is 7.16. The summed E-state index contributed by atoms with van der Waals surface area (Å²) in [6, 6.07) is 2.33. The summed E-state index contributed by atoms with van der Waals surface area (Å²) in [6.45, 7) is 6.94. The Bertz CT molecular complexity index is 366. The molecule has 5 nitrogen and oxygen atoms in total. The third-order valence-corrected chi connectivity index (χ3v) is 3.10. The molecule has 0 aliphatic carbocycles. The van der Waals surface area contributed by atoms with Crippen LogP contribution in [0.15, 0.2) is 6.07 Å². The maximum absolute atomic E-state index is 9.23. The lowest BCUT2D eigenvalue weighted by molar-refractivity contribution is 0.295. The molecule has 0 atom stereocenters. The van der Waals surface area contributed by atoms with Crippen LogP contribution in [0.25, 0.3) is 0 Å². The van der Waals surface area contributed by atoms with Gasteiger partial charge >= 0.3 is 0 Å². The lowest BCUT2D eigenvalue weighted by Gasteiger charge is -2.31. The van der Waals surface area contributed by atoms with Gasteiger partial charge in [0, 0.05) is 25.7 Å². The molecule has 1 aromatic heterocycles. The molecule has 1 rings (SSSR count). The quantitative estimate of drug-likeness (QED) is 0.775. The van der Waals surface area contributed by atoms with Crippen LogP contribution in [0.2, 0.25) is 0 Å². The Labute approximate surface area is 109 Å². The maximum atomic E-state index is 9.23. The normalized spacial score (nSPS) is 10.8. The van der Waals surface area contributed by atoms with E-state index in [0.29, 0.717) is 12.6 Å². The van der Waals surface area contributed by atoms with Gasteiger partial charge in [0.15, 0.2) is 0 Å². The Kier molecular flexibility index (Phi) is 5.85. The van der Waals surface area contributed by atoms with Gasteiger partial charge in [-0.25, -0.2) is 9.97 Å². The van der Waals surface area contributed by atoms with Crippen LogP contribution >= 0.6 is 0 Å². The zero-order valence-corrected chi connectivity index (χ0v) is 11.8. The van der Waals surface area contributed by atoms with E-state index in [2.05, 4.69) is 34.0 Å². The minimum atomic E-state index is 0.133. The number of rotatable bonds is 7. The highest BCUT2D eigenvalue weighted by atomic mass is 16.3. The van der Waals surface area contributed by atoms with Crippen LogP contribution in [0.3, 0.4) is 0 Å². The number of aromatic nitrogens is 2. The summed E-state index contributed by atoms with van der Waals surface area (Å²) in [6.07, 6.45) is 2.07. The fourth-order valence-electron chi connectivity index (χ4n) is 2.15.